The molecule has 6 nitrogen and oxygen atoms in total. The molecule has 0 spiro atoms. The van der Waals surface area contributed by atoms with E-state index < -0.39 is 0 Å². The average molecular weight is 357 g/mol. The molecule has 0 fully saturated rings. The Morgan fingerprint density at radius 1 is 1.20 bits per heavy atom. The molecule has 2 aromatic carbocycles. The van der Waals surface area contributed by atoms with Gasteiger partial charge in [-0.1, -0.05) is 29.8 Å². The van der Waals surface area contributed by atoms with Gasteiger partial charge in [0.1, 0.15) is 5.75 Å². The molecular formula is C18H17ClN4O2. The summed E-state index contributed by atoms with van der Waals surface area (Å²) in [5.74, 6) is 0.462. The number of nitrogens with one attached hydrogen (secondary N) is 1. The summed E-state index contributed by atoms with van der Waals surface area (Å²) >= 11 is 5.99. The second kappa shape index (κ2) is 7.36. The quantitative estimate of drug-likeness (QED) is 0.762. The molecule has 1 aromatic heterocycles. The summed E-state index contributed by atoms with van der Waals surface area (Å²) in [6.45, 7) is 2.12. The molecule has 1 N–H and O–H groups in total. The van der Waals surface area contributed by atoms with Crippen molar-refractivity contribution in [3.8, 4) is 11.4 Å². The highest BCUT2D eigenvalue weighted by molar-refractivity contribution is 6.30. The number of benzene rings is 2. The molecule has 0 aliphatic heterocycles. The van der Waals surface area contributed by atoms with E-state index in [1.165, 1.54) is 4.80 Å². The van der Waals surface area contributed by atoms with Gasteiger partial charge in [-0.2, -0.15) is 9.90 Å². The summed E-state index contributed by atoms with van der Waals surface area (Å²) in [5.41, 5.74) is 2.46. The van der Waals surface area contributed by atoms with Gasteiger partial charge in [-0.15, -0.1) is 5.10 Å². The van der Waals surface area contributed by atoms with E-state index in [1.807, 2.05) is 30.3 Å². The molecule has 0 atom stereocenters. The van der Waals surface area contributed by atoms with Crippen LogP contribution < -0.4 is 10.1 Å². The number of methoxy groups -OCH3 is 1. The van der Waals surface area contributed by atoms with Crippen LogP contribution in [0.3, 0.4) is 0 Å². The van der Waals surface area contributed by atoms with Crippen LogP contribution in [0.15, 0.2) is 48.5 Å². The molecule has 0 saturated heterocycles. The van der Waals surface area contributed by atoms with E-state index in [2.05, 4.69) is 15.5 Å². The number of ether oxygens (including phenoxy) is 1. The van der Waals surface area contributed by atoms with Crippen molar-refractivity contribution in [2.45, 2.75) is 13.5 Å². The van der Waals surface area contributed by atoms with Crippen LogP contribution in [0.5, 0.6) is 5.75 Å². The summed E-state index contributed by atoms with van der Waals surface area (Å²) in [4.78, 5) is 13.8. The van der Waals surface area contributed by atoms with Gasteiger partial charge >= 0.3 is 0 Å². The number of rotatable bonds is 5. The van der Waals surface area contributed by atoms with Crippen molar-refractivity contribution in [2.75, 3.05) is 7.11 Å². The molecular weight excluding hydrogens is 340 g/mol. The van der Waals surface area contributed by atoms with Crippen molar-refractivity contribution in [3.63, 3.8) is 0 Å². The Hall–Kier alpha value is -2.86. The van der Waals surface area contributed by atoms with Crippen LogP contribution in [0.2, 0.25) is 5.02 Å². The van der Waals surface area contributed by atoms with Crippen molar-refractivity contribution < 1.29 is 9.53 Å². The fourth-order valence-corrected chi connectivity index (χ4v) is 2.54. The molecule has 0 radical (unpaired) electrons. The van der Waals surface area contributed by atoms with E-state index in [9.17, 15) is 4.79 Å². The van der Waals surface area contributed by atoms with Gasteiger partial charge in [0, 0.05) is 11.6 Å². The molecule has 0 aliphatic carbocycles. The predicted molar refractivity (Wildman–Crippen MR) is 95.3 cm³/mol. The van der Waals surface area contributed by atoms with E-state index >= 15 is 0 Å². The first-order chi connectivity index (χ1) is 12.1. The fraction of sp³-hybridized carbons (Fsp3) is 0.167. The van der Waals surface area contributed by atoms with Crippen LogP contribution in [0.1, 0.15) is 21.7 Å². The molecule has 1 heterocycles. The first-order valence-electron chi connectivity index (χ1n) is 7.68. The first kappa shape index (κ1) is 17.0. The molecule has 0 unspecified atom stereocenters. The Bertz CT molecular complexity index is 908. The third kappa shape index (κ3) is 3.97. The number of hydrogen-bond donors (Lipinski definition) is 1. The van der Waals surface area contributed by atoms with Gasteiger partial charge in [0.2, 0.25) is 0 Å². The predicted octanol–water partition coefficient (Wildman–Crippen LogP) is 3.17. The number of carbonyl (C=O) groups is 1. The topological polar surface area (TPSA) is 69.0 Å². The molecule has 0 aliphatic rings. The van der Waals surface area contributed by atoms with Crippen molar-refractivity contribution in [1.29, 1.82) is 0 Å². The minimum Gasteiger partial charge on any atom is -0.497 e. The van der Waals surface area contributed by atoms with E-state index in [0.717, 1.165) is 11.3 Å². The van der Waals surface area contributed by atoms with Crippen LogP contribution >= 0.6 is 11.6 Å². The lowest BCUT2D eigenvalue weighted by molar-refractivity contribution is 0.0945. The number of aromatic nitrogens is 3. The van der Waals surface area contributed by atoms with Crippen molar-refractivity contribution in [1.82, 2.24) is 20.3 Å². The first-order valence-corrected chi connectivity index (χ1v) is 8.05. The lowest BCUT2D eigenvalue weighted by Gasteiger charge is -2.06. The number of carbonyl (C=O) groups excluding carboxylic acids is 1. The molecule has 7 heteroatoms. The summed E-state index contributed by atoms with van der Waals surface area (Å²) in [5, 5.41) is 12.0. The zero-order valence-corrected chi connectivity index (χ0v) is 14.6. The second-order valence-corrected chi connectivity index (χ2v) is 5.87. The van der Waals surface area contributed by atoms with Crippen molar-refractivity contribution in [2.24, 2.45) is 0 Å². The number of halogens is 1. The lowest BCUT2D eigenvalue weighted by Crippen LogP contribution is -2.24. The highest BCUT2D eigenvalue weighted by atomic mass is 35.5. The van der Waals surface area contributed by atoms with Crippen molar-refractivity contribution >= 4 is 17.5 Å². The maximum absolute atomic E-state index is 12.4. The Balaban J connectivity index is 1.74. The molecule has 0 bridgehead atoms. The van der Waals surface area contributed by atoms with E-state index in [0.29, 0.717) is 22.9 Å². The van der Waals surface area contributed by atoms with Gasteiger partial charge < -0.3 is 10.1 Å². The van der Waals surface area contributed by atoms with Gasteiger partial charge in [0.05, 0.1) is 18.5 Å². The molecule has 3 rings (SSSR count). The Morgan fingerprint density at radius 3 is 2.76 bits per heavy atom. The number of amides is 1. The Labute approximate surface area is 150 Å². The van der Waals surface area contributed by atoms with Crippen LogP contribution in [0, 0.1) is 6.92 Å². The number of nitrogens with zero attached hydrogens (tertiary/aromatic N) is 3. The summed E-state index contributed by atoms with van der Waals surface area (Å²) in [6.07, 6.45) is 0. The normalized spacial score (nSPS) is 10.5. The Morgan fingerprint density at radius 2 is 2.00 bits per heavy atom. The van der Waals surface area contributed by atoms with Gasteiger partial charge in [0.25, 0.3) is 5.91 Å². The fourth-order valence-electron chi connectivity index (χ4n) is 2.35. The minimum atomic E-state index is -0.284. The summed E-state index contributed by atoms with van der Waals surface area (Å²) in [7, 11) is 1.61. The van der Waals surface area contributed by atoms with Gasteiger partial charge in [0.15, 0.2) is 5.69 Å². The smallest absolute Gasteiger partial charge is 0.274 e. The van der Waals surface area contributed by atoms with E-state index in [4.69, 9.17) is 16.3 Å². The van der Waals surface area contributed by atoms with Gasteiger partial charge in [-0.25, -0.2) is 0 Å². The monoisotopic (exact) mass is 356 g/mol. The highest BCUT2D eigenvalue weighted by Gasteiger charge is 2.16. The zero-order valence-electron chi connectivity index (χ0n) is 13.9. The van der Waals surface area contributed by atoms with Crippen LogP contribution in [-0.2, 0) is 6.54 Å². The summed E-state index contributed by atoms with van der Waals surface area (Å²) in [6, 6.07) is 14.6. The second-order valence-electron chi connectivity index (χ2n) is 5.44. The van der Waals surface area contributed by atoms with E-state index in [-0.39, 0.29) is 11.6 Å². The molecule has 0 saturated carbocycles. The Kier molecular flexibility index (Phi) is 5.00. The van der Waals surface area contributed by atoms with Crippen LogP contribution in [-0.4, -0.2) is 28.0 Å². The maximum Gasteiger partial charge on any atom is 0.274 e. The molecule has 1 amide bonds. The third-order valence-corrected chi connectivity index (χ3v) is 3.86. The van der Waals surface area contributed by atoms with Crippen molar-refractivity contribution in [3.05, 3.63) is 70.5 Å². The van der Waals surface area contributed by atoms with Gasteiger partial charge in [-0.05, 0) is 42.8 Å². The summed E-state index contributed by atoms with van der Waals surface area (Å²) < 4.78 is 5.18. The third-order valence-electron chi connectivity index (χ3n) is 3.62. The molecule has 3 aromatic rings. The van der Waals surface area contributed by atoms with Crippen LogP contribution in [0.4, 0.5) is 0 Å². The lowest BCUT2D eigenvalue weighted by atomic mass is 10.2. The average Bonchev–Trinajstić information content (AvgIpc) is 3.02. The minimum absolute atomic E-state index is 0.280. The van der Waals surface area contributed by atoms with E-state index in [1.54, 1.807) is 32.2 Å². The number of aryl methyl sites for hydroxylation is 1. The SMILES string of the molecule is COc1cccc(CNC(=O)c2nn(-c3cccc(Cl)c3)nc2C)c1. The van der Waals surface area contributed by atoms with Gasteiger partial charge in [-0.3, -0.25) is 4.79 Å². The zero-order chi connectivity index (χ0) is 17.8. The highest BCUT2D eigenvalue weighted by Crippen LogP contribution is 2.15. The standard InChI is InChI=1S/C18H17ClN4O2/c1-12-17(22-23(21-12)15-7-4-6-14(19)10-15)18(24)20-11-13-5-3-8-16(9-13)25-2/h3-10H,11H2,1-2H3,(H,20,24). The largest absolute Gasteiger partial charge is 0.497 e. The maximum atomic E-state index is 12.4. The number of hydrogen-bond acceptors (Lipinski definition) is 4. The molecule has 128 valence electrons. The molecule has 25 heavy (non-hydrogen) atoms. The van der Waals surface area contributed by atoms with Crippen LogP contribution in [0.25, 0.3) is 5.69 Å².